The summed E-state index contributed by atoms with van der Waals surface area (Å²) in [4.78, 5) is 4.45. The average molecular weight is 341 g/mol. The number of hydrogen-bond acceptors (Lipinski definition) is 2. The van der Waals surface area contributed by atoms with Crippen LogP contribution in [0.3, 0.4) is 0 Å². The summed E-state index contributed by atoms with van der Waals surface area (Å²) in [5.41, 5.74) is 4.74. The summed E-state index contributed by atoms with van der Waals surface area (Å²) in [6.07, 6.45) is 1.84. The summed E-state index contributed by atoms with van der Waals surface area (Å²) < 4.78 is 1.14. The van der Waals surface area contributed by atoms with Gasteiger partial charge in [-0.3, -0.25) is 4.98 Å². The second-order valence-electron chi connectivity index (χ2n) is 5.19. The highest BCUT2D eigenvalue weighted by Gasteiger charge is 2.13. The number of nitrogens with zero attached hydrogens (tertiary/aromatic N) is 1. The Morgan fingerprint density at radius 3 is 2.57 bits per heavy atom. The third kappa shape index (κ3) is 2.85. The number of hydrogen-bond donors (Lipinski definition) is 1. The lowest BCUT2D eigenvalue weighted by molar-refractivity contribution is 0.692. The van der Waals surface area contributed by atoms with E-state index < -0.39 is 0 Å². The van der Waals surface area contributed by atoms with Gasteiger partial charge in [0.25, 0.3) is 0 Å². The number of rotatable bonds is 3. The molecular weight excluding hydrogens is 324 g/mol. The van der Waals surface area contributed by atoms with Gasteiger partial charge in [-0.05, 0) is 48.9 Å². The number of nitrogens with one attached hydrogen (secondary N) is 1. The van der Waals surface area contributed by atoms with Crippen LogP contribution in [0.15, 0.2) is 59.2 Å². The third-order valence-electron chi connectivity index (χ3n) is 3.78. The van der Waals surface area contributed by atoms with E-state index in [4.69, 9.17) is 0 Å². The summed E-state index contributed by atoms with van der Waals surface area (Å²) in [6, 6.07) is 17.2. The average Bonchev–Trinajstić information content (AvgIpc) is 2.51. The Morgan fingerprint density at radius 1 is 1.05 bits per heavy atom. The molecule has 0 fully saturated rings. The lowest BCUT2D eigenvalue weighted by atomic mass is 9.97. The molecular formula is C18H17BrN2. The summed E-state index contributed by atoms with van der Waals surface area (Å²) >= 11 is 3.62. The lowest BCUT2D eigenvalue weighted by Crippen LogP contribution is -2.17. The first-order valence-corrected chi connectivity index (χ1v) is 7.76. The topological polar surface area (TPSA) is 24.9 Å². The van der Waals surface area contributed by atoms with Crippen molar-refractivity contribution >= 4 is 26.8 Å². The van der Waals surface area contributed by atoms with Gasteiger partial charge in [0.1, 0.15) is 0 Å². The van der Waals surface area contributed by atoms with Crippen molar-refractivity contribution in [2.45, 2.75) is 13.0 Å². The fraction of sp³-hybridized carbons (Fsp3) is 0.167. The molecule has 21 heavy (non-hydrogen) atoms. The Kier molecular flexibility index (Phi) is 4.04. The minimum atomic E-state index is 0.160. The maximum absolute atomic E-state index is 4.45. The van der Waals surface area contributed by atoms with E-state index in [-0.39, 0.29) is 6.04 Å². The Hall–Kier alpha value is -1.71. The van der Waals surface area contributed by atoms with Crippen LogP contribution in [0.1, 0.15) is 22.7 Å². The van der Waals surface area contributed by atoms with Crippen LogP contribution in [-0.4, -0.2) is 12.0 Å². The highest BCUT2D eigenvalue weighted by atomic mass is 79.9. The van der Waals surface area contributed by atoms with Crippen LogP contribution in [0.4, 0.5) is 0 Å². The van der Waals surface area contributed by atoms with Crippen molar-refractivity contribution in [3.63, 3.8) is 0 Å². The molecule has 1 aromatic heterocycles. The number of aromatic nitrogens is 1. The van der Waals surface area contributed by atoms with Gasteiger partial charge >= 0.3 is 0 Å². The van der Waals surface area contributed by atoms with Crippen LogP contribution in [0, 0.1) is 6.92 Å². The first-order chi connectivity index (χ1) is 10.2. The van der Waals surface area contributed by atoms with Gasteiger partial charge in [0.15, 0.2) is 0 Å². The number of benzene rings is 2. The van der Waals surface area contributed by atoms with Gasteiger partial charge in [0.05, 0.1) is 11.6 Å². The molecule has 0 aliphatic carbocycles. The molecule has 0 aliphatic heterocycles. The van der Waals surface area contributed by atoms with Crippen LogP contribution in [0.5, 0.6) is 0 Å². The zero-order chi connectivity index (χ0) is 14.8. The van der Waals surface area contributed by atoms with Gasteiger partial charge in [-0.1, -0.05) is 46.3 Å². The smallest absolute Gasteiger partial charge is 0.0705 e. The van der Waals surface area contributed by atoms with Crippen molar-refractivity contribution in [3.8, 4) is 0 Å². The van der Waals surface area contributed by atoms with E-state index in [2.05, 4.69) is 75.6 Å². The van der Waals surface area contributed by atoms with Crippen molar-refractivity contribution in [1.29, 1.82) is 0 Å². The van der Waals surface area contributed by atoms with Crippen LogP contribution < -0.4 is 5.32 Å². The summed E-state index contributed by atoms with van der Waals surface area (Å²) in [7, 11) is 1.99. The highest BCUT2D eigenvalue weighted by Crippen LogP contribution is 2.27. The minimum absolute atomic E-state index is 0.160. The van der Waals surface area contributed by atoms with Gasteiger partial charge in [-0.25, -0.2) is 0 Å². The molecule has 3 heteroatoms. The van der Waals surface area contributed by atoms with Crippen LogP contribution in [0.2, 0.25) is 0 Å². The summed E-state index contributed by atoms with van der Waals surface area (Å²) in [6.45, 7) is 2.10. The monoisotopic (exact) mass is 340 g/mol. The molecule has 2 aromatic carbocycles. The Morgan fingerprint density at radius 2 is 1.81 bits per heavy atom. The molecule has 0 radical (unpaired) electrons. The first kappa shape index (κ1) is 14.2. The fourth-order valence-electron chi connectivity index (χ4n) is 2.58. The van der Waals surface area contributed by atoms with E-state index in [0.29, 0.717) is 0 Å². The Bertz CT molecular complexity index is 783. The highest BCUT2D eigenvalue weighted by molar-refractivity contribution is 9.10. The molecule has 0 spiro atoms. The van der Waals surface area contributed by atoms with Crippen molar-refractivity contribution < 1.29 is 0 Å². The van der Waals surface area contributed by atoms with E-state index in [1.807, 2.05) is 19.3 Å². The molecule has 3 rings (SSSR count). The van der Waals surface area contributed by atoms with Crippen molar-refractivity contribution in [3.05, 3.63) is 75.9 Å². The second kappa shape index (κ2) is 5.96. The van der Waals surface area contributed by atoms with E-state index >= 15 is 0 Å². The van der Waals surface area contributed by atoms with Crippen LogP contribution >= 0.6 is 15.9 Å². The molecule has 1 atom stereocenters. The molecule has 106 valence electrons. The fourth-order valence-corrected chi connectivity index (χ4v) is 2.97. The predicted molar refractivity (Wildman–Crippen MR) is 91.5 cm³/mol. The molecule has 1 unspecified atom stereocenters. The first-order valence-electron chi connectivity index (χ1n) is 6.97. The van der Waals surface area contributed by atoms with Gasteiger partial charge in [0, 0.05) is 16.1 Å². The van der Waals surface area contributed by atoms with E-state index in [1.54, 1.807) is 0 Å². The van der Waals surface area contributed by atoms with Gasteiger partial charge in [-0.2, -0.15) is 0 Å². The van der Waals surface area contributed by atoms with Crippen molar-refractivity contribution in [2.75, 3.05) is 7.05 Å². The van der Waals surface area contributed by atoms with Crippen LogP contribution in [-0.2, 0) is 0 Å². The van der Waals surface area contributed by atoms with Crippen molar-refractivity contribution in [2.24, 2.45) is 0 Å². The number of pyridine rings is 1. The molecule has 0 bridgehead atoms. The molecule has 0 aliphatic rings. The van der Waals surface area contributed by atoms with E-state index in [0.717, 1.165) is 9.99 Å². The standard InChI is InChI=1S/C18H17BrN2/c1-12-5-6-14(10-16(12)19)18(20-2)15-8-7-13-4-3-9-21-17(13)11-15/h3-11,18,20H,1-2H3. The molecule has 1 N–H and O–H groups in total. The largest absolute Gasteiger partial charge is 0.309 e. The molecule has 0 saturated carbocycles. The Labute approximate surface area is 133 Å². The van der Waals surface area contributed by atoms with Crippen molar-refractivity contribution in [1.82, 2.24) is 10.3 Å². The zero-order valence-electron chi connectivity index (χ0n) is 12.1. The minimum Gasteiger partial charge on any atom is -0.309 e. The number of aryl methyl sites for hydroxylation is 1. The quantitative estimate of drug-likeness (QED) is 0.752. The maximum Gasteiger partial charge on any atom is 0.0705 e. The van der Waals surface area contributed by atoms with Crippen LogP contribution in [0.25, 0.3) is 10.9 Å². The van der Waals surface area contributed by atoms with E-state index in [1.165, 1.54) is 22.1 Å². The number of fused-ring (bicyclic) bond motifs is 1. The summed E-state index contributed by atoms with van der Waals surface area (Å²) in [5.74, 6) is 0. The number of halogens is 1. The van der Waals surface area contributed by atoms with Gasteiger partial charge < -0.3 is 5.32 Å². The zero-order valence-corrected chi connectivity index (χ0v) is 13.7. The molecule has 0 saturated heterocycles. The van der Waals surface area contributed by atoms with Gasteiger partial charge in [0.2, 0.25) is 0 Å². The maximum atomic E-state index is 4.45. The second-order valence-corrected chi connectivity index (χ2v) is 6.04. The predicted octanol–water partition coefficient (Wildman–Crippen LogP) is 4.61. The molecule has 3 aromatic rings. The Balaban J connectivity index is 2.06. The molecule has 1 heterocycles. The van der Waals surface area contributed by atoms with Gasteiger partial charge in [-0.15, -0.1) is 0 Å². The summed E-state index contributed by atoms with van der Waals surface area (Å²) in [5, 5.41) is 4.57. The SMILES string of the molecule is CNC(c1ccc(C)c(Br)c1)c1ccc2cccnc2c1. The lowest BCUT2D eigenvalue weighted by Gasteiger charge is -2.18. The van der Waals surface area contributed by atoms with E-state index in [9.17, 15) is 0 Å². The third-order valence-corrected chi connectivity index (χ3v) is 4.64. The molecule has 0 amide bonds. The normalized spacial score (nSPS) is 12.5. The molecule has 2 nitrogen and oxygen atoms in total.